The molecule has 0 saturated carbocycles. The lowest BCUT2D eigenvalue weighted by Gasteiger charge is -2.30. The number of epoxide rings is 1. The third-order valence-corrected chi connectivity index (χ3v) is 3.94. The van der Waals surface area contributed by atoms with E-state index in [4.69, 9.17) is 4.74 Å². The maximum absolute atomic E-state index is 14.8. The number of Topliss-reactive ketones (excluding diaryl/α,β-unsaturated/α-hetero) is 1. The molecule has 0 aliphatic carbocycles. The van der Waals surface area contributed by atoms with Crippen molar-refractivity contribution in [2.75, 3.05) is 13.2 Å². The fourth-order valence-corrected chi connectivity index (χ4v) is 2.38. The Kier molecular flexibility index (Phi) is 4.47. The monoisotopic (exact) mass is 348 g/mol. The summed E-state index contributed by atoms with van der Waals surface area (Å²) in [5.41, 5.74) is -5.34. The van der Waals surface area contributed by atoms with Gasteiger partial charge < -0.3 is 9.47 Å². The highest BCUT2D eigenvalue weighted by Gasteiger charge is 2.72. The number of benzene rings is 1. The summed E-state index contributed by atoms with van der Waals surface area (Å²) in [6.45, 7) is 2.75. The fraction of sp³-hybridized carbons (Fsp3) is 0.500. The minimum atomic E-state index is -4.21. The molecule has 0 amide bonds. The minimum Gasteiger partial charge on any atom is -0.465 e. The second-order valence-electron chi connectivity index (χ2n) is 5.99. The topological polar surface area (TPSA) is 55.9 Å². The molecule has 24 heavy (non-hydrogen) atoms. The fourth-order valence-electron chi connectivity index (χ4n) is 2.38. The number of ketones is 1. The van der Waals surface area contributed by atoms with Crippen molar-refractivity contribution in [2.45, 2.75) is 32.3 Å². The number of esters is 1. The van der Waals surface area contributed by atoms with Gasteiger partial charge in [-0.2, -0.15) is 8.78 Å². The summed E-state index contributed by atoms with van der Waals surface area (Å²) in [6, 6.07) is 2.02. The van der Waals surface area contributed by atoms with Gasteiger partial charge in [0.2, 0.25) is 5.78 Å². The van der Waals surface area contributed by atoms with Crippen LogP contribution < -0.4 is 0 Å². The van der Waals surface area contributed by atoms with E-state index in [2.05, 4.69) is 4.74 Å². The van der Waals surface area contributed by atoms with Gasteiger partial charge in [0.15, 0.2) is 5.60 Å². The highest BCUT2D eigenvalue weighted by molar-refractivity contribution is 6.07. The van der Waals surface area contributed by atoms with E-state index in [0.717, 1.165) is 26.0 Å². The van der Waals surface area contributed by atoms with E-state index in [0.29, 0.717) is 6.07 Å². The molecular weight excluding hydrogens is 332 g/mol. The summed E-state index contributed by atoms with van der Waals surface area (Å²) >= 11 is 0. The number of hydrogen-bond donors (Lipinski definition) is 0. The zero-order valence-electron chi connectivity index (χ0n) is 13.3. The SMILES string of the molecule is CCOC(=O)C(C)(C)C(=O)C(F)(F)C1(c2ccc(F)cc2F)CO1. The lowest BCUT2D eigenvalue weighted by atomic mass is 9.78. The molecule has 0 bridgehead atoms. The third-order valence-electron chi connectivity index (χ3n) is 3.94. The second-order valence-corrected chi connectivity index (χ2v) is 5.99. The average molecular weight is 348 g/mol. The maximum Gasteiger partial charge on any atom is 0.341 e. The molecular formula is C16H16F4O4. The summed E-state index contributed by atoms with van der Waals surface area (Å²) < 4.78 is 65.8. The molecule has 1 aromatic rings. The van der Waals surface area contributed by atoms with Gasteiger partial charge in [0.1, 0.15) is 17.0 Å². The predicted molar refractivity (Wildman–Crippen MR) is 74.4 cm³/mol. The van der Waals surface area contributed by atoms with Crippen LogP contribution in [0.15, 0.2) is 18.2 Å². The lowest BCUT2D eigenvalue weighted by Crippen LogP contribution is -2.52. The first-order chi connectivity index (χ1) is 11.0. The van der Waals surface area contributed by atoms with Crippen molar-refractivity contribution in [3.63, 3.8) is 0 Å². The molecule has 0 radical (unpaired) electrons. The van der Waals surface area contributed by atoms with Gasteiger partial charge in [-0.05, 0) is 32.9 Å². The van der Waals surface area contributed by atoms with Crippen LogP contribution in [0.1, 0.15) is 26.3 Å². The highest BCUT2D eigenvalue weighted by atomic mass is 19.3. The van der Waals surface area contributed by atoms with Gasteiger partial charge in [-0.3, -0.25) is 9.59 Å². The molecule has 1 saturated heterocycles. The molecule has 132 valence electrons. The van der Waals surface area contributed by atoms with Crippen molar-refractivity contribution in [2.24, 2.45) is 5.41 Å². The van der Waals surface area contributed by atoms with Crippen LogP contribution in [0.25, 0.3) is 0 Å². The average Bonchev–Trinajstić information content (AvgIpc) is 3.28. The molecule has 1 aromatic carbocycles. The molecule has 2 rings (SSSR count). The number of hydrogen-bond acceptors (Lipinski definition) is 4. The standard InChI is InChI=1S/C16H16F4O4/c1-4-23-13(22)14(2,3)12(21)16(19,20)15(8-24-15)10-6-5-9(17)7-11(10)18/h5-7H,4,8H2,1-3H3. The Morgan fingerprint density at radius 3 is 2.33 bits per heavy atom. The zero-order chi connectivity index (χ0) is 18.3. The van der Waals surface area contributed by atoms with E-state index in [1.54, 1.807) is 0 Å². The number of carbonyl (C=O) groups is 2. The second kappa shape index (κ2) is 5.84. The number of rotatable bonds is 6. The van der Waals surface area contributed by atoms with Crippen molar-refractivity contribution in [3.8, 4) is 0 Å². The van der Waals surface area contributed by atoms with Crippen molar-refractivity contribution in [1.29, 1.82) is 0 Å². The van der Waals surface area contributed by atoms with Crippen LogP contribution in [0.3, 0.4) is 0 Å². The van der Waals surface area contributed by atoms with Crippen LogP contribution in [-0.2, 0) is 24.7 Å². The molecule has 1 aliphatic rings. The van der Waals surface area contributed by atoms with Crippen molar-refractivity contribution in [3.05, 3.63) is 35.4 Å². The molecule has 0 aromatic heterocycles. The van der Waals surface area contributed by atoms with Crippen LogP contribution in [0.2, 0.25) is 0 Å². The van der Waals surface area contributed by atoms with E-state index in [9.17, 15) is 27.2 Å². The molecule has 0 N–H and O–H groups in total. The summed E-state index contributed by atoms with van der Waals surface area (Å²) in [6.07, 6.45) is 0. The quantitative estimate of drug-likeness (QED) is 0.343. The molecule has 1 aliphatic heterocycles. The van der Waals surface area contributed by atoms with Crippen LogP contribution in [0.4, 0.5) is 17.6 Å². The maximum atomic E-state index is 14.8. The Balaban J connectivity index is 2.42. The Hall–Kier alpha value is -1.96. The van der Waals surface area contributed by atoms with Crippen molar-refractivity contribution < 1.29 is 36.6 Å². The number of alkyl halides is 2. The smallest absolute Gasteiger partial charge is 0.341 e. The van der Waals surface area contributed by atoms with Gasteiger partial charge >= 0.3 is 11.9 Å². The summed E-state index contributed by atoms with van der Waals surface area (Å²) in [5, 5.41) is 0. The van der Waals surface area contributed by atoms with Crippen LogP contribution in [0, 0.1) is 17.0 Å². The molecule has 1 atom stereocenters. The molecule has 1 heterocycles. The first kappa shape index (κ1) is 18.4. The molecule has 0 spiro atoms. The Morgan fingerprint density at radius 1 is 1.29 bits per heavy atom. The van der Waals surface area contributed by atoms with E-state index in [-0.39, 0.29) is 6.61 Å². The van der Waals surface area contributed by atoms with Gasteiger partial charge in [-0.1, -0.05) is 0 Å². The first-order valence-electron chi connectivity index (χ1n) is 7.20. The van der Waals surface area contributed by atoms with Gasteiger partial charge in [0.25, 0.3) is 0 Å². The molecule has 4 nitrogen and oxygen atoms in total. The molecule has 1 unspecified atom stereocenters. The Labute approximate surface area is 135 Å². The lowest BCUT2D eigenvalue weighted by molar-refractivity contribution is -0.175. The van der Waals surface area contributed by atoms with Crippen LogP contribution in [-0.4, -0.2) is 30.9 Å². The van der Waals surface area contributed by atoms with Crippen LogP contribution in [0.5, 0.6) is 0 Å². The van der Waals surface area contributed by atoms with Gasteiger partial charge in [0.05, 0.1) is 13.2 Å². The number of carbonyl (C=O) groups excluding carboxylic acids is 2. The highest BCUT2D eigenvalue weighted by Crippen LogP contribution is 2.54. The van der Waals surface area contributed by atoms with E-state index < -0.39 is 52.5 Å². The van der Waals surface area contributed by atoms with Crippen LogP contribution >= 0.6 is 0 Å². The largest absolute Gasteiger partial charge is 0.465 e. The summed E-state index contributed by atoms with van der Waals surface area (Å²) in [4.78, 5) is 24.1. The van der Waals surface area contributed by atoms with E-state index in [1.807, 2.05) is 0 Å². The summed E-state index contributed by atoms with van der Waals surface area (Å²) in [5.74, 6) is -9.29. The van der Waals surface area contributed by atoms with E-state index >= 15 is 0 Å². The van der Waals surface area contributed by atoms with E-state index in [1.165, 1.54) is 6.92 Å². The Bertz CT molecular complexity index is 681. The molecule has 1 fully saturated rings. The van der Waals surface area contributed by atoms with Gasteiger partial charge in [-0.15, -0.1) is 0 Å². The first-order valence-corrected chi connectivity index (χ1v) is 7.20. The van der Waals surface area contributed by atoms with Gasteiger partial charge in [0, 0.05) is 11.6 Å². The van der Waals surface area contributed by atoms with Gasteiger partial charge in [-0.25, -0.2) is 8.78 Å². The normalized spacial score (nSPS) is 20.6. The predicted octanol–water partition coefficient (Wildman–Crippen LogP) is 2.98. The van der Waals surface area contributed by atoms with Crippen molar-refractivity contribution >= 4 is 11.8 Å². The number of ether oxygens (including phenoxy) is 2. The minimum absolute atomic E-state index is 0.0879. The number of halogens is 4. The van der Waals surface area contributed by atoms with Crippen molar-refractivity contribution in [1.82, 2.24) is 0 Å². The third kappa shape index (κ3) is 2.68. The molecule has 8 heteroatoms. The Morgan fingerprint density at radius 2 is 1.88 bits per heavy atom. The summed E-state index contributed by atoms with van der Waals surface area (Å²) in [7, 11) is 0. The zero-order valence-corrected chi connectivity index (χ0v) is 13.3.